The van der Waals surface area contributed by atoms with E-state index in [1.165, 1.54) is 5.69 Å². The summed E-state index contributed by atoms with van der Waals surface area (Å²) in [7, 11) is 0. The van der Waals surface area contributed by atoms with Gasteiger partial charge in [0.05, 0.1) is 17.3 Å². The van der Waals surface area contributed by atoms with Crippen LogP contribution in [0.1, 0.15) is 6.42 Å². The molecule has 0 spiro atoms. The van der Waals surface area contributed by atoms with Crippen molar-refractivity contribution in [3.8, 4) is 5.75 Å². The summed E-state index contributed by atoms with van der Waals surface area (Å²) in [6.45, 7) is 1.75. The van der Waals surface area contributed by atoms with Crippen molar-refractivity contribution in [1.29, 1.82) is 0 Å². The summed E-state index contributed by atoms with van der Waals surface area (Å²) in [4.78, 5) is 6.37. The fourth-order valence-corrected chi connectivity index (χ4v) is 2.40. The number of rotatable bonds is 4. The van der Waals surface area contributed by atoms with Crippen LogP contribution in [0.4, 0.5) is 5.69 Å². The molecule has 1 saturated heterocycles. The molecule has 98 valence electrons. The molecule has 1 atom stereocenters. The molecular weight excluding hydrogens is 260 g/mol. The molecule has 1 aliphatic rings. The lowest BCUT2D eigenvalue weighted by Crippen LogP contribution is -2.51. The summed E-state index contributed by atoms with van der Waals surface area (Å²) in [5.41, 5.74) is 1.26. The van der Waals surface area contributed by atoms with Crippen molar-refractivity contribution >= 4 is 17.3 Å². The zero-order valence-corrected chi connectivity index (χ0v) is 11.3. The molecule has 0 N–H and O–H groups in total. The van der Waals surface area contributed by atoms with Crippen molar-refractivity contribution in [1.82, 2.24) is 4.98 Å². The van der Waals surface area contributed by atoms with Crippen LogP contribution in [-0.2, 0) is 0 Å². The third-order valence-electron chi connectivity index (χ3n) is 3.35. The normalized spacial score (nSPS) is 17.9. The molecule has 0 amide bonds. The molecular formula is C15H15ClN2O. The molecule has 3 nitrogen and oxygen atoms in total. The van der Waals surface area contributed by atoms with E-state index in [0.29, 0.717) is 17.7 Å². The SMILES string of the molecule is Clc1cncc(OC[C@@H]2CCN2c2ccccc2)c1. The number of pyridine rings is 1. The second-order valence-corrected chi connectivity index (χ2v) is 5.06. The highest BCUT2D eigenvalue weighted by Gasteiger charge is 2.28. The number of aromatic nitrogens is 1. The second kappa shape index (κ2) is 5.49. The fraction of sp³-hybridized carbons (Fsp3) is 0.267. The average molecular weight is 275 g/mol. The first-order valence-corrected chi connectivity index (χ1v) is 6.76. The number of benzene rings is 1. The topological polar surface area (TPSA) is 25.4 Å². The van der Waals surface area contributed by atoms with E-state index < -0.39 is 0 Å². The Bertz CT molecular complexity index is 547. The summed E-state index contributed by atoms with van der Waals surface area (Å²) < 4.78 is 5.75. The van der Waals surface area contributed by atoms with Crippen LogP contribution in [0.25, 0.3) is 0 Å². The lowest BCUT2D eigenvalue weighted by molar-refractivity contribution is 0.246. The molecule has 4 heteroatoms. The van der Waals surface area contributed by atoms with Gasteiger partial charge in [-0.3, -0.25) is 4.98 Å². The summed E-state index contributed by atoms with van der Waals surface area (Å²) in [5, 5.41) is 0.603. The number of hydrogen-bond acceptors (Lipinski definition) is 3. The van der Waals surface area contributed by atoms with Gasteiger partial charge in [0.2, 0.25) is 0 Å². The molecule has 0 unspecified atom stereocenters. The van der Waals surface area contributed by atoms with E-state index >= 15 is 0 Å². The minimum absolute atomic E-state index is 0.432. The molecule has 19 heavy (non-hydrogen) atoms. The third kappa shape index (κ3) is 2.82. The van der Waals surface area contributed by atoms with Crippen molar-refractivity contribution in [3.63, 3.8) is 0 Å². The third-order valence-corrected chi connectivity index (χ3v) is 3.56. The highest BCUT2D eigenvalue weighted by atomic mass is 35.5. The maximum atomic E-state index is 5.88. The molecule has 0 radical (unpaired) electrons. The predicted octanol–water partition coefficient (Wildman–Crippen LogP) is 3.39. The summed E-state index contributed by atoms with van der Waals surface area (Å²) in [5.74, 6) is 0.729. The van der Waals surface area contributed by atoms with Crippen LogP contribution >= 0.6 is 11.6 Å². The quantitative estimate of drug-likeness (QED) is 0.854. The monoisotopic (exact) mass is 274 g/mol. The smallest absolute Gasteiger partial charge is 0.139 e. The molecule has 1 aliphatic heterocycles. The van der Waals surface area contributed by atoms with Crippen LogP contribution in [-0.4, -0.2) is 24.2 Å². The van der Waals surface area contributed by atoms with Crippen LogP contribution in [0.2, 0.25) is 5.02 Å². The van der Waals surface area contributed by atoms with Crippen LogP contribution in [0.3, 0.4) is 0 Å². The molecule has 1 fully saturated rings. The zero-order chi connectivity index (χ0) is 13.1. The lowest BCUT2D eigenvalue weighted by Gasteiger charge is -2.42. The van der Waals surface area contributed by atoms with Crippen molar-refractivity contribution in [2.45, 2.75) is 12.5 Å². The molecule has 2 aromatic rings. The number of halogens is 1. The van der Waals surface area contributed by atoms with E-state index in [9.17, 15) is 0 Å². The van der Waals surface area contributed by atoms with E-state index in [1.54, 1.807) is 18.5 Å². The first kappa shape index (κ1) is 12.3. The van der Waals surface area contributed by atoms with Gasteiger partial charge in [-0.15, -0.1) is 0 Å². The van der Waals surface area contributed by atoms with E-state index in [0.717, 1.165) is 18.7 Å². The number of nitrogens with zero attached hydrogens (tertiary/aromatic N) is 2. The Morgan fingerprint density at radius 3 is 2.79 bits per heavy atom. The van der Waals surface area contributed by atoms with Crippen LogP contribution < -0.4 is 9.64 Å². The van der Waals surface area contributed by atoms with Gasteiger partial charge in [-0.1, -0.05) is 29.8 Å². The minimum atomic E-state index is 0.432. The average Bonchev–Trinajstić information content (AvgIpc) is 2.39. The van der Waals surface area contributed by atoms with Gasteiger partial charge in [0.15, 0.2) is 0 Å². The number of para-hydroxylation sites is 1. The largest absolute Gasteiger partial charge is 0.490 e. The first-order chi connectivity index (χ1) is 9.33. The molecule has 0 saturated carbocycles. The van der Waals surface area contributed by atoms with Gasteiger partial charge >= 0.3 is 0 Å². The van der Waals surface area contributed by atoms with Gasteiger partial charge in [-0.25, -0.2) is 0 Å². The second-order valence-electron chi connectivity index (χ2n) is 4.62. The maximum absolute atomic E-state index is 5.88. The summed E-state index contributed by atoms with van der Waals surface area (Å²) >= 11 is 5.88. The first-order valence-electron chi connectivity index (χ1n) is 6.38. The number of ether oxygens (including phenoxy) is 1. The Kier molecular flexibility index (Phi) is 3.56. The standard InChI is InChI=1S/C15H15ClN2O/c16-12-8-15(10-17-9-12)19-11-14-6-7-18(14)13-4-2-1-3-5-13/h1-5,8-10,14H,6-7,11H2/t14-/m0/s1. The van der Waals surface area contributed by atoms with Gasteiger partial charge in [-0.2, -0.15) is 0 Å². The van der Waals surface area contributed by atoms with Gasteiger partial charge in [0.1, 0.15) is 12.4 Å². The van der Waals surface area contributed by atoms with E-state index in [-0.39, 0.29) is 0 Å². The molecule has 0 bridgehead atoms. The van der Waals surface area contributed by atoms with Crippen molar-refractivity contribution in [3.05, 3.63) is 53.8 Å². The summed E-state index contributed by atoms with van der Waals surface area (Å²) in [6, 6.07) is 12.6. The number of anilines is 1. The fourth-order valence-electron chi connectivity index (χ4n) is 2.24. The Morgan fingerprint density at radius 2 is 2.11 bits per heavy atom. The van der Waals surface area contributed by atoms with Crippen molar-refractivity contribution in [2.75, 3.05) is 18.1 Å². The maximum Gasteiger partial charge on any atom is 0.139 e. The molecule has 2 heterocycles. The van der Waals surface area contributed by atoms with E-state index in [4.69, 9.17) is 16.3 Å². The minimum Gasteiger partial charge on any atom is -0.490 e. The Balaban J connectivity index is 1.59. The zero-order valence-electron chi connectivity index (χ0n) is 10.5. The van der Waals surface area contributed by atoms with Gasteiger partial charge < -0.3 is 9.64 Å². The van der Waals surface area contributed by atoms with Crippen LogP contribution in [0.5, 0.6) is 5.75 Å². The van der Waals surface area contributed by atoms with E-state index in [2.05, 4.69) is 34.1 Å². The van der Waals surface area contributed by atoms with Crippen molar-refractivity contribution in [2.24, 2.45) is 0 Å². The van der Waals surface area contributed by atoms with Crippen molar-refractivity contribution < 1.29 is 4.74 Å². The van der Waals surface area contributed by atoms with Gasteiger partial charge in [0, 0.05) is 24.5 Å². The van der Waals surface area contributed by atoms with Crippen LogP contribution in [0, 0.1) is 0 Å². The van der Waals surface area contributed by atoms with Crippen LogP contribution in [0.15, 0.2) is 48.8 Å². The Morgan fingerprint density at radius 1 is 1.26 bits per heavy atom. The van der Waals surface area contributed by atoms with E-state index in [1.807, 2.05) is 6.07 Å². The lowest BCUT2D eigenvalue weighted by atomic mass is 10.0. The number of hydrogen-bond donors (Lipinski definition) is 0. The Labute approximate surface area is 117 Å². The predicted molar refractivity (Wildman–Crippen MR) is 76.9 cm³/mol. The Hall–Kier alpha value is -1.74. The highest BCUT2D eigenvalue weighted by Crippen LogP contribution is 2.26. The molecule has 1 aromatic heterocycles. The highest BCUT2D eigenvalue weighted by molar-refractivity contribution is 6.30. The molecule has 3 rings (SSSR count). The van der Waals surface area contributed by atoms with Gasteiger partial charge in [-0.05, 0) is 18.6 Å². The van der Waals surface area contributed by atoms with Gasteiger partial charge in [0.25, 0.3) is 0 Å². The molecule has 0 aliphatic carbocycles. The summed E-state index contributed by atoms with van der Waals surface area (Å²) in [6.07, 6.45) is 4.45. The molecule has 1 aromatic carbocycles.